The van der Waals surface area contributed by atoms with Crippen LogP contribution >= 0.6 is 0 Å². The number of morpholine rings is 1. The normalized spacial score (nSPS) is 26.6. The highest BCUT2D eigenvalue weighted by Crippen LogP contribution is 2.39. The molecule has 2 N–H and O–H groups in total. The molecule has 1 aromatic carbocycles. The maximum Gasteiger partial charge on any atom is 0.224 e. The molecule has 1 aliphatic heterocycles. The molecule has 0 unspecified atom stereocenters. The van der Waals surface area contributed by atoms with E-state index in [0.717, 1.165) is 12.1 Å². The molecule has 108 valence electrons. The molecule has 1 saturated heterocycles. The first-order valence-corrected chi connectivity index (χ1v) is 7.46. The van der Waals surface area contributed by atoms with Crippen molar-refractivity contribution >= 4 is 5.91 Å². The number of amides is 1. The molecule has 0 bridgehead atoms. The second kappa shape index (κ2) is 5.94. The molecule has 20 heavy (non-hydrogen) atoms. The summed E-state index contributed by atoms with van der Waals surface area (Å²) >= 11 is 0. The number of rotatable bonds is 4. The van der Waals surface area contributed by atoms with Crippen molar-refractivity contribution in [2.75, 3.05) is 19.6 Å². The van der Waals surface area contributed by atoms with Gasteiger partial charge in [-0.25, -0.2) is 0 Å². The first-order chi connectivity index (χ1) is 9.78. The van der Waals surface area contributed by atoms with Gasteiger partial charge in [0.25, 0.3) is 0 Å². The van der Waals surface area contributed by atoms with Crippen molar-refractivity contribution in [2.45, 2.75) is 31.5 Å². The van der Waals surface area contributed by atoms with Gasteiger partial charge < -0.3 is 15.4 Å². The lowest BCUT2D eigenvalue weighted by atomic mass is 10.0. The number of carbonyl (C=O) groups excluding carboxylic acids is 1. The number of nitrogens with two attached hydrogens (primary N) is 1. The average Bonchev–Trinajstić information content (AvgIpc) is 3.33. The Bertz CT molecular complexity index is 459. The SMILES string of the molecule is NCCC(=O)N1C[C@@H](c2ccccc2)O[C@@H](C2CC2)C1. The van der Waals surface area contributed by atoms with Crippen LogP contribution in [0.2, 0.25) is 0 Å². The quantitative estimate of drug-likeness (QED) is 0.909. The minimum atomic E-state index is -0.00252. The molecule has 1 heterocycles. The molecule has 2 aliphatic rings. The topological polar surface area (TPSA) is 55.6 Å². The first-order valence-electron chi connectivity index (χ1n) is 7.46. The van der Waals surface area contributed by atoms with Gasteiger partial charge in [-0.2, -0.15) is 0 Å². The first kappa shape index (κ1) is 13.6. The van der Waals surface area contributed by atoms with Crippen molar-refractivity contribution in [1.82, 2.24) is 4.90 Å². The summed E-state index contributed by atoms with van der Waals surface area (Å²) < 4.78 is 6.23. The molecule has 4 nitrogen and oxygen atoms in total. The van der Waals surface area contributed by atoms with E-state index in [1.54, 1.807) is 0 Å². The van der Waals surface area contributed by atoms with Gasteiger partial charge in [0.1, 0.15) is 6.10 Å². The Balaban J connectivity index is 1.74. The molecular weight excluding hydrogens is 252 g/mol. The number of benzene rings is 1. The lowest BCUT2D eigenvalue weighted by molar-refractivity contribution is -0.147. The van der Waals surface area contributed by atoms with Crippen LogP contribution in [0.4, 0.5) is 0 Å². The fourth-order valence-corrected chi connectivity index (χ4v) is 2.85. The highest BCUT2D eigenvalue weighted by Gasteiger charge is 2.39. The third-order valence-electron chi connectivity index (χ3n) is 4.16. The lowest BCUT2D eigenvalue weighted by Crippen LogP contribution is -2.48. The molecule has 1 amide bonds. The Kier molecular flexibility index (Phi) is 4.03. The minimum absolute atomic E-state index is 0.00252. The van der Waals surface area contributed by atoms with Crippen LogP contribution in [0.1, 0.15) is 30.9 Å². The summed E-state index contributed by atoms with van der Waals surface area (Å²) in [6.07, 6.45) is 3.07. The molecule has 0 radical (unpaired) electrons. The molecule has 3 rings (SSSR count). The number of carbonyl (C=O) groups is 1. The van der Waals surface area contributed by atoms with Crippen LogP contribution in [0, 0.1) is 5.92 Å². The van der Waals surface area contributed by atoms with Crippen LogP contribution in [0.5, 0.6) is 0 Å². The second-order valence-electron chi connectivity index (χ2n) is 5.75. The Morgan fingerprint density at radius 3 is 2.65 bits per heavy atom. The van der Waals surface area contributed by atoms with E-state index in [2.05, 4.69) is 12.1 Å². The predicted octanol–water partition coefficient (Wildman–Crippen LogP) is 1.71. The number of nitrogens with zero attached hydrogens (tertiary/aromatic N) is 1. The zero-order valence-corrected chi connectivity index (χ0v) is 11.7. The Morgan fingerprint density at radius 2 is 2.00 bits per heavy atom. The van der Waals surface area contributed by atoms with Crippen LogP contribution in [0.25, 0.3) is 0 Å². The van der Waals surface area contributed by atoms with E-state index in [-0.39, 0.29) is 18.1 Å². The third kappa shape index (κ3) is 3.02. The predicted molar refractivity (Wildman–Crippen MR) is 77.0 cm³/mol. The van der Waals surface area contributed by atoms with Crippen molar-refractivity contribution in [3.8, 4) is 0 Å². The second-order valence-corrected chi connectivity index (χ2v) is 5.75. The lowest BCUT2D eigenvalue weighted by Gasteiger charge is -2.38. The van der Waals surface area contributed by atoms with Gasteiger partial charge in [-0.3, -0.25) is 4.79 Å². The van der Waals surface area contributed by atoms with Gasteiger partial charge in [-0.05, 0) is 24.3 Å². The van der Waals surface area contributed by atoms with Crippen LogP contribution < -0.4 is 5.73 Å². The molecule has 0 spiro atoms. The maximum atomic E-state index is 12.2. The summed E-state index contributed by atoms with van der Waals surface area (Å²) in [5, 5.41) is 0. The zero-order chi connectivity index (χ0) is 13.9. The van der Waals surface area contributed by atoms with E-state index in [4.69, 9.17) is 10.5 Å². The van der Waals surface area contributed by atoms with Crippen LogP contribution in [0.15, 0.2) is 30.3 Å². The Labute approximate surface area is 119 Å². The van der Waals surface area contributed by atoms with Crippen molar-refractivity contribution in [3.05, 3.63) is 35.9 Å². The maximum absolute atomic E-state index is 12.2. The largest absolute Gasteiger partial charge is 0.366 e. The van der Waals surface area contributed by atoms with E-state index in [0.29, 0.717) is 25.4 Å². The average molecular weight is 274 g/mol. The van der Waals surface area contributed by atoms with E-state index in [1.165, 1.54) is 12.8 Å². The molecule has 2 atom stereocenters. The fraction of sp³-hybridized carbons (Fsp3) is 0.562. The summed E-state index contributed by atoms with van der Waals surface area (Å²) in [7, 11) is 0. The van der Waals surface area contributed by atoms with Crippen LogP contribution in [-0.4, -0.2) is 36.5 Å². The summed E-state index contributed by atoms with van der Waals surface area (Å²) in [6, 6.07) is 10.2. The molecule has 1 saturated carbocycles. The van der Waals surface area contributed by atoms with Gasteiger partial charge in [-0.1, -0.05) is 30.3 Å². The van der Waals surface area contributed by atoms with E-state index < -0.39 is 0 Å². The fourth-order valence-electron chi connectivity index (χ4n) is 2.85. The van der Waals surface area contributed by atoms with Gasteiger partial charge in [0.05, 0.1) is 12.6 Å². The van der Waals surface area contributed by atoms with Crippen molar-refractivity contribution in [2.24, 2.45) is 11.7 Å². The molecule has 0 aromatic heterocycles. The summed E-state index contributed by atoms with van der Waals surface area (Å²) in [4.78, 5) is 14.1. The van der Waals surface area contributed by atoms with Gasteiger partial charge in [-0.15, -0.1) is 0 Å². The number of hydrogen-bond donors (Lipinski definition) is 1. The molecule has 1 aliphatic carbocycles. The summed E-state index contributed by atoms with van der Waals surface area (Å²) in [6.45, 7) is 1.79. The van der Waals surface area contributed by atoms with Gasteiger partial charge >= 0.3 is 0 Å². The van der Waals surface area contributed by atoms with Crippen LogP contribution in [-0.2, 0) is 9.53 Å². The molecule has 4 heteroatoms. The van der Waals surface area contributed by atoms with Crippen molar-refractivity contribution in [3.63, 3.8) is 0 Å². The van der Waals surface area contributed by atoms with Crippen LogP contribution in [0.3, 0.4) is 0 Å². The van der Waals surface area contributed by atoms with E-state index >= 15 is 0 Å². The molecule has 1 aromatic rings. The Hall–Kier alpha value is -1.39. The number of hydrogen-bond acceptors (Lipinski definition) is 3. The van der Waals surface area contributed by atoms with Crippen molar-refractivity contribution in [1.29, 1.82) is 0 Å². The van der Waals surface area contributed by atoms with E-state index in [9.17, 15) is 4.79 Å². The highest BCUT2D eigenvalue weighted by molar-refractivity contribution is 5.76. The summed E-state index contributed by atoms with van der Waals surface area (Å²) in [5.74, 6) is 0.789. The molecule has 2 fully saturated rings. The summed E-state index contributed by atoms with van der Waals surface area (Å²) in [5.41, 5.74) is 6.67. The van der Waals surface area contributed by atoms with Gasteiger partial charge in [0.2, 0.25) is 5.91 Å². The van der Waals surface area contributed by atoms with Gasteiger partial charge in [0, 0.05) is 19.5 Å². The smallest absolute Gasteiger partial charge is 0.224 e. The number of ether oxygens (including phenoxy) is 1. The Morgan fingerprint density at radius 1 is 1.25 bits per heavy atom. The minimum Gasteiger partial charge on any atom is -0.366 e. The molecular formula is C16H22N2O2. The van der Waals surface area contributed by atoms with E-state index in [1.807, 2.05) is 23.1 Å². The third-order valence-corrected chi connectivity index (χ3v) is 4.16. The monoisotopic (exact) mass is 274 g/mol. The standard InChI is InChI=1S/C16H22N2O2/c17-9-8-16(19)18-10-14(12-4-2-1-3-5-12)20-15(11-18)13-6-7-13/h1-5,13-15H,6-11,17H2/t14-,15+/m0/s1. The zero-order valence-electron chi connectivity index (χ0n) is 11.7. The van der Waals surface area contributed by atoms with Crippen molar-refractivity contribution < 1.29 is 9.53 Å². The van der Waals surface area contributed by atoms with Gasteiger partial charge in [0.15, 0.2) is 0 Å². The highest BCUT2D eigenvalue weighted by atomic mass is 16.5.